The van der Waals surface area contributed by atoms with Gasteiger partial charge in [0.25, 0.3) is 5.91 Å². The van der Waals surface area contributed by atoms with Crippen molar-refractivity contribution in [2.45, 2.75) is 19.5 Å². The van der Waals surface area contributed by atoms with E-state index in [0.29, 0.717) is 0 Å². The van der Waals surface area contributed by atoms with E-state index >= 15 is 0 Å². The fraction of sp³-hybridized carbons (Fsp3) is 0.267. The highest BCUT2D eigenvalue weighted by Crippen LogP contribution is 2.31. The maximum atomic E-state index is 12.5. The number of halogens is 3. The highest BCUT2D eigenvalue weighted by molar-refractivity contribution is 5.96. The molecule has 2 rings (SSSR count). The number of benzene rings is 1. The SMILES string of the molecule is Cc1[nH]nc(C(F)(F)F)c1C(=O)NCCC(N)=O.c1ccccc1. The highest BCUT2D eigenvalue weighted by Gasteiger charge is 2.39. The first-order valence-corrected chi connectivity index (χ1v) is 6.92. The molecule has 2 amide bonds. The summed E-state index contributed by atoms with van der Waals surface area (Å²) in [6, 6.07) is 12.0. The molecule has 1 aromatic heterocycles. The molecule has 0 aliphatic carbocycles. The predicted octanol–water partition coefficient (Wildman–Crippen LogP) is 2.03. The molecule has 9 heteroatoms. The van der Waals surface area contributed by atoms with Crippen LogP contribution in [-0.2, 0) is 11.0 Å². The molecule has 0 spiro atoms. The van der Waals surface area contributed by atoms with Gasteiger partial charge in [-0.25, -0.2) is 0 Å². The number of aryl methyl sites for hydroxylation is 1. The number of H-pyrrole nitrogens is 1. The van der Waals surface area contributed by atoms with Gasteiger partial charge in [-0.05, 0) is 6.92 Å². The zero-order valence-corrected chi connectivity index (χ0v) is 12.9. The monoisotopic (exact) mass is 342 g/mol. The maximum absolute atomic E-state index is 12.5. The standard InChI is InChI=1S/C9H11F3N4O2.C6H6/c1-4-6(7(16-15-4)9(10,11)12)8(18)14-3-2-5(13)17;1-2-4-6-5-3-1/h2-3H2,1H3,(H2,13,17)(H,14,18)(H,15,16);1-6H. The van der Waals surface area contributed by atoms with Crippen molar-refractivity contribution in [1.82, 2.24) is 15.5 Å². The quantitative estimate of drug-likeness (QED) is 0.792. The van der Waals surface area contributed by atoms with Gasteiger partial charge in [-0.3, -0.25) is 14.7 Å². The molecule has 130 valence electrons. The molecule has 0 aliphatic rings. The summed E-state index contributed by atoms with van der Waals surface area (Å²) in [6.07, 6.45) is -4.87. The molecule has 0 saturated carbocycles. The van der Waals surface area contributed by atoms with Crippen molar-refractivity contribution < 1.29 is 22.8 Å². The van der Waals surface area contributed by atoms with E-state index in [1.54, 1.807) is 0 Å². The van der Waals surface area contributed by atoms with Crippen LogP contribution in [-0.4, -0.2) is 28.6 Å². The average Bonchev–Trinajstić information content (AvgIpc) is 2.91. The lowest BCUT2D eigenvalue weighted by atomic mass is 10.1. The number of amides is 2. The first-order chi connectivity index (χ1) is 11.2. The van der Waals surface area contributed by atoms with E-state index in [1.807, 2.05) is 36.4 Å². The molecule has 0 aliphatic heterocycles. The molecule has 1 heterocycles. The first-order valence-electron chi connectivity index (χ1n) is 6.92. The molecule has 6 nitrogen and oxygen atoms in total. The molecule has 0 radical (unpaired) electrons. The number of nitrogens with two attached hydrogens (primary N) is 1. The molecule has 0 unspecified atom stereocenters. The molecule has 0 saturated heterocycles. The normalized spacial score (nSPS) is 10.5. The molecule has 2 aromatic rings. The van der Waals surface area contributed by atoms with Gasteiger partial charge in [0.1, 0.15) is 0 Å². The fourth-order valence-corrected chi connectivity index (χ4v) is 1.68. The first kappa shape index (κ1) is 19.2. The van der Waals surface area contributed by atoms with Crippen LogP contribution in [0, 0.1) is 6.92 Å². The Morgan fingerprint density at radius 3 is 2.08 bits per heavy atom. The summed E-state index contributed by atoms with van der Waals surface area (Å²) in [7, 11) is 0. The lowest BCUT2D eigenvalue weighted by Crippen LogP contribution is -2.29. The number of aromatic nitrogens is 2. The summed E-state index contributed by atoms with van der Waals surface area (Å²) < 4.78 is 37.6. The molecule has 0 atom stereocenters. The van der Waals surface area contributed by atoms with Gasteiger partial charge in [0.15, 0.2) is 5.69 Å². The largest absolute Gasteiger partial charge is 0.435 e. The van der Waals surface area contributed by atoms with Gasteiger partial charge in [-0.2, -0.15) is 18.3 Å². The number of nitrogens with one attached hydrogen (secondary N) is 2. The zero-order chi connectivity index (χ0) is 18.2. The van der Waals surface area contributed by atoms with Crippen LogP contribution < -0.4 is 11.1 Å². The van der Waals surface area contributed by atoms with Gasteiger partial charge in [0, 0.05) is 18.7 Å². The molecule has 0 bridgehead atoms. The number of carbonyl (C=O) groups is 2. The average molecular weight is 342 g/mol. The Hall–Kier alpha value is -2.84. The van der Waals surface area contributed by atoms with Crippen LogP contribution in [0.1, 0.15) is 28.2 Å². The van der Waals surface area contributed by atoms with Gasteiger partial charge in [-0.1, -0.05) is 36.4 Å². The summed E-state index contributed by atoms with van der Waals surface area (Å²) in [5.41, 5.74) is 2.98. The second-order valence-corrected chi connectivity index (χ2v) is 4.70. The van der Waals surface area contributed by atoms with Crippen LogP contribution >= 0.6 is 0 Å². The third-order valence-electron chi connectivity index (χ3n) is 2.77. The third kappa shape index (κ3) is 6.11. The minimum absolute atomic E-state index is 0.00102. The number of primary amides is 1. The summed E-state index contributed by atoms with van der Waals surface area (Å²) in [5.74, 6) is -1.61. The number of carbonyl (C=O) groups excluding carboxylic acids is 2. The van der Waals surface area contributed by atoms with Crippen molar-refractivity contribution >= 4 is 11.8 Å². The lowest BCUT2D eigenvalue weighted by molar-refractivity contribution is -0.141. The summed E-state index contributed by atoms with van der Waals surface area (Å²) in [4.78, 5) is 22.0. The Labute approximate surface area is 136 Å². The van der Waals surface area contributed by atoms with Gasteiger partial charge < -0.3 is 11.1 Å². The van der Waals surface area contributed by atoms with Crippen molar-refractivity contribution in [2.75, 3.05) is 6.54 Å². The van der Waals surface area contributed by atoms with Crippen LogP contribution in [0.15, 0.2) is 36.4 Å². The number of hydrogen-bond donors (Lipinski definition) is 3. The number of aromatic amines is 1. The summed E-state index contributed by atoms with van der Waals surface area (Å²) in [6.45, 7) is 1.17. The van der Waals surface area contributed by atoms with Crippen molar-refractivity contribution in [2.24, 2.45) is 5.73 Å². The number of rotatable bonds is 4. The van der Waals surface area contributed by atoms with E-state index < -0.39 is 29.2 Å². The molecule has 0 fully saturated rings. The number of nitrogens with zero attached hydrogens (tertiary/aromatic N) is 1. The maximum Gasteiger partial charge on any atom is 0.435 e. The van der Waals surface area contributed by atoms with Crippen molar-refractivity contribution in [3.63, 3.8) is 0 Å². The summed E-state index contributed by atoms with van der Waals surface area (Å²) >= 11 is 0. The van der Waals surface area contributed by atoms with Crippen LogP contribution in [0.4, 0.5) is 13.2 Å². The third-order valence-corrected chi connectivity index (χ3v) is 2.77. The van der Waals surface area contributed by atoms with Crippen molar-refractivity contribution in [3.05, 3.63) is 53.3 Å². The Morgan fingerprint density at radius 2 is 1.67 bits per heavy atom. The topological polar surface area (TPSA) is 101 Å². The molecule has 4 N–H and O–H groups in total. The highest BCUT2D eigenvalue weighted by atomic mass is 19.4. The Kier molecular flexibility index (Phi) is 6.97. The van der Waals surface area contributed by atoms with Crippen LogP contribution in [0.25, 0.3) is 0 Å². The summed E-state index contributed by atoms with van der Waals surface area (Å²) in [5, 5.41) is 7.32. The molecular formula is C15H17F3N4O2. The second kappa shape index (κ2) is 8.70. The Balaban J connectivity index is 0.000000400. The fourth-order valence-electron chi connectivity index (χ4n) is 1.68. The second-order valence-electron chi connectivity index (χ2n) is 4.70. The lowest BCUT2D eigenvalue weighted by Gasteiger charge is -2.07. The van der Waals surface area contributed by atoms with Crippen LogP contribution in [0.3, 0.4) is 0 Å². The Bertz CT molecular complexity index is 642. The van der Waals surface area contributed by atoms with Crippen LogP contribution in [0.2, 0.25) is 0 Å². The van der Waals surface area contributed by atoms with Gasteiger partial charge in [0.05, 0.1) is 5.56 Å². The number of alkyl halides is 3. The van der Waals surface area contributed by atoms with Crippen molar-refractivity contribution in [3.8, 4) is 0 Å². The van der Waals surface area contributed by atoms with Gasteiger partial charge in [0.2, 0.25) is 5.91 Å². The van der Waals surface area contributed by atoms with E-state index in [4.69, 9.17) is 5.73 Å². The minimum atomic E-state index is -4.72. The van der Waals surface area contributed by atoms with Crippen LogP contribution in [0.5, 0.6) is 0 Å². The molecular weight excluding hydrogens is 325 g/mol. The van der Waals surface area contributed by atoms with E-state index in [-0.39, 0.29) is 18.7 Å². The van der Waals surface area contributed by atoms with Gasteiger partial charge >= 0.3 is 6.18 Å². The molecule has 1 aromatic carbocycles. The Morgan fingerprint density at radius 1 is 1.17 bits per heavy atom. The number of hydrogen-bond acceptors (Lipinski definition) is 3. The zero-order valence-electron chi connectivity index (χ0n) is 12.9. The van der Waals surface area contributed by atoms with E-state index in [2.05, 4.69) is 15.5 Å². The van der Waals surface area contributed by atoms with E-state index in [0.717, 1.165) is 0 Å². The minimum Gasteiger partial charge on any atom is -0.370 e. The molecule has 24 heavy (non-hydrogen) atoms. The van der Waals surface area contributed by atoms with Crippen molar-refractivity contribution in [1.29, 1.82) is 0 Å². The van der Waals surface area contributed by atoms with E-state index in [9.17, 15) is 22.8 Å². The van der Waals surface area contributed by atoms with Gasteiger partial charge in [-0.15, -0.1) is 0 Å². The van der Waals surface area contributed by atoms with E-state index in [1.165, 1.54) is 6.92 Å². The predicted molar refractivity (Wildman–Crippen MR) is 80.9 cm³/mol. The smallest absolute Gasteiger partial charge is 0.370 e.